The zero-order valence-corrected chi connectivity index (χ0v) is 13.8. The monoisotopic (exact) mass is 357 g/mol. The minimum Gasteiger partial charge on any atom is -0.377 e. The summed E-state index contributed by atoms with van der Waals surface area (Å²) < 4.78 is 13.6. The number of amides is 1. The molecule has 3 N–H and O–H groups in total. The molecule has 23 heavy (non-hydrogen) atoms. The Hall–Kier alpha value is -2.05. The lowest BCUT2D eigenvalue weighted by molar-refractivity contribution is 0.0961. The molecule has 1 aromatic heterocycles. The highest BCUT2D eigenvalue weighted by molar-refractivity contribution is 6.36. The summed E-state index contributed by atoms with van der Waals surface area (Å²) in [7, 11) is 1.43. The van der Waals surface area contributed by atoms with Gasteiger partial charge in [0.25, 0.3) is 11.5 Å². The third-order valence-electron chi connectivity index (χ3n) is 3.27. The van der Waals surface area contributed by atoms with Crippen LogP contribution in [0.15, 0.2) is 29.2 Å². The Bertz CT molecular complexity index is 808. The molecule has 0 fully saturated rings. The third kappa shape index (κ3) is 3.65. The maximum atomic E-state index is 13.6. The summed E-state index contributed by atoms with van der Waals surface area (Å²) in [5.41, 5.74) is 0.304. The van der Waals surface area contributed by atoms with Crippen LogP contribution in [0.1, 0.15) is 28.9 Å². The Kier molecular flexibility index (Phi) is 5.28. The lowest BCUT2D eigenvalue weighted by atomic mass is 10.1. The molecule has 0 spiro atoms. The smallest absolute Gasteiger partial charge is 0.260 e. The lowest BCUT2D eigenvalue weighted by Gasteiger charge is -2.19. The van der Waals surface area contributed by atoms with E-state index < -0.39 is 23.3 Å². The first kappa shape index (κ1) is 17.3. The summed E-state index contributed by atoms with van der Waals surface area (Å²) >= 11 is 12.0. The second-order valence-corrected chi connectivity index (χ2v) is 5.62. The molecule has 8 heteroatoms. The quantitative estimate of drug-likeness (QED) is 0.734. The maximum absolute atomic E-state index is 13.6. The molecule has 0 saturated carbocycles. The van der Waals surface area contributed by atoms with Crippen molar-refractivity contribution in [3.8, 4) is 0 Å². The van der Waals surface area contributed by atoms with Crippen LogP contribution >= 0.6 is 23.2 Å². The van der Waals surface area contributed by atoms with Gasteiger partial charge in [0.15, 0.2) is 0 Å². The number of carbonyl (C=O) groups is 1. The van der Waals surface area contributed by atoms with E-state index in [1.54, 1.807) is 6.92 Å². The molecule has 5 nitrogen and oxygen atoms in total. The van der Waals surface area contributed by atoms with E-state index in [-0.39, 0.29) is 10.6 Å². The average Bonchev–Trinajstić information content (AvgIpc) is 2.52. The average molecular weight is 358 g/mol. The van der Waals surface area contributed by atoms with Gasteiger partial charge in [0, 0.05) is 23.8 Å². The van der Waals surface area contributed by atoms with Crippen molar-refractivity contribution in [1.29, 1.82) is 0 Å². The van der Waals surface area contributed by atoms with Crippen LogP contribution in [0.4, 0.5) is 10.1 Å². The van der Waals surface area contributed by atoms with Crippen LogP contribution in [0.3, 0.4) is 0 Å². The molecule has 2 aromatic rings. The molecular formula is C15H14Cl2FN3O2. The molecule has 1 heterocycles. The maximum Gasteiger partial charge on any atom is 0.260 e. The van der Waals surface area contributed by atoms with E-state index in [1.807, 2.05) is 0 Å². The van der Waals surface area contributed by atoms with E-state index in [1.165, 1.54) is 31.4 Å². The number of halogens is 3. The van der Waals surface area contributed by atoms with Crippen molar-refractivity contribution in [1.82, 2.24) is 10.3 Å². The van der Waals surface area contributed by atoms with Crippen molar-refractivity contribution in [3.63, 3.8) is 0 Å². The predicted octanol–water partition coefficient (Wildman–Crippen LogP) is 3.35. The molecular weight excluding hydrogens is 344 g/mol. The number of hydrogen-bond acceptors (Lipinski definition) is 3. The summed E-state index contributed by atoms with van der Waals surface area (Å²) in [5, 5.41) is 5.65. The third-order valence-corrected chi connectivity index (χ3v) is 3.98. The minimum absolute atomic E-state index is 0.0406. The predicted molar refractivity (Wildman–Crippen MR) is 88.9 cm³/mol. The molecule has 0 unspecified atom stereocenters. The molecule has 0 bridgehead atoms. The summed E-state index contributed by atoms with van der Waals surface area (Å²) in [4.78, 5) is 25.8. The number of carbonyl (C=O) groups excluding carboxylic acids is 1. The Morgan fingerprint density at radius 3 is 2.70 bits per heavy atom. The Labute approximate surface area is 141 Å². The topological polar surface area (TPSA) is 74.0 Å². The summed E-state index contributed by atoms with van der Waals surface area (Å²) in [6.07, 6.45) is 1.41. The summed E-state index contributed by atoms with van der Waals surface area (Å²) in [6, 6.07) is 3.55. The zero-order valence-electron chi connectivity index (χ0n) is 12.3. The first-order valence-electron chi connectivity index (χ1n) is 6.70. The van der Waals surface area contributed by atoms with Gasteiger partial charge in [0.05, 0.1) is 16.8 Å². The van der Waals surface area contributed by atoms with Crippen molar-refractivity contribution < 1.29 is 9.18 Å². The fourth-order valence-corrected chi connectivity index (χ4v) is 2.83. The van der Waals surface area contributed by atoms with Gasteiger partial charge in [-0.25, -0.2) is 4.39 Å². The summed E-state index contributed by atoms with van der Waals surface area (Å²) in [5.74, 6) is -1.09. The van der Waals surface area contributed by atoms with Gasteiger partial charge in [0.1, 0.15) is 11.4 Å². The Morgan fingerprint density at radius 2 is 2.04 bits per heavy atom. The lowest BCUT2D eigenvalue weighted by Crippen LogP contribution is -2.26. The number of aromatic nitrogens is 1. The van der Waals surface area contributed by atoms with Crippen LogP contribution in [-0.2, 0) is 0 Å². The largest absolute Gasteiger partial charge is 0.377 e. The van der Waals surface area contributed by atoms with Crippen molar-refractivity contribution in [2.24, 2.45) is 0 Å². The second-order valence-electron chi connectivity index (χ2n) is 4.83. The highest BCUT2D eigenvalue weighted by Gasteiger charge is 2.18. The van der Waals surface area contributed by atoms with E-state index in [0.29, 0.717) is 16.3 Å². The van der Waals surface area contributed by atoms with Crippen LogP contribution in [0, 0.1) is 5.82 Å². The number of pyridine rings is 1. The molecule has 1 aromatic carbocycles. The molecule has 0 saturated heterocycles. The van der Waals surface area contributed by atoms with Gasteiger partial charge in [-0.2, -0.15) is 0 Å². The number of hydrogen-bond donors (Lipinski definition) is 3. The van der Waals surface area contributed by atoms with Gasteiger partial charge in [-0.3, -0.25) is 9.59 Å². The molecule has 0 aliphatic rings. The van der Waals surface area contributed by atoms with E-state index >= 15 is 0 Å². The number of aromatic amines is 1. The van der Waals surface area contributed by atoms with Gasteiger partial charge in [-0.15, -0.1) is 0 Å². The van der Waals surface area contributed by atoms with Crippen molar-refractivity contribution in [2.75, 3.05) is 12.4 Å². The van der Waals surface area contributed by atoms with Gasteiger partial charge in [0.2, 0.25) is 0 Å². The first-order valence-corrected chi connectivity index (χ1v) is 7.45. The highest BCUT2D eigenvalue weighted by atomic mass is 35.5. The zero-order chi connectivity index (χ0) is 17.1. The second kappa shape index (κ2) is 7.02. The van der Waals surface area contributed by atoms with Crippen molar-refractivity contribution >= 4 is 34.8 Å². The fraction of sp³-hybridized carbons (Fsp3) is 0.200. The molecule has 1 amide bonds. The number of anilines is 1. The van der Waals surface area contributed by atoms with Crippen molar-refractivity contribution in [2.45, 2.75) is 13.0 Å². The number of nitrogens with one attached hydrogen (secondary N) is 3. The highest BCUT2D eigenvalue weighted by Crippen LogP contribution is 2.33. The number of rotatable bonds is 4. The van der Waals surface area contributed by atoms with E-state index in [2.05, 4.69) is 15.6 Å². The van der Waals surface area contributed by atoms with Crippen LogP contribution in [-0.4, -0.2) is 17.9 Å². The number of H-pyrrole nitrogens is 1. The SMILES string of the molecule is CNC(=O)c1cc(N[C@H](C)c2c(Cl)ccc(F)c2Cl)c[nH]c1=O. The van der Waals surface area contributed by atoms with Gasteiger partial charge in [-0.05, 0) is 25.1 Å². The van der Waals surface area contributed by atoms with Crippen molar-refractivity contribution in [3.05, 3.63) is 61.7 Å². The van der Waals surface area contributed by atoms with Crippen LogP contribution in [0.25, 0.3) is 0 Å². The molecule has 122 valence electrons. The Morgan fingerprint density at radius 1 is 1.35 bits per heavy atom. The van der Waals surface area contributed by atoms with Crippen LogP contribution < -0.4 is 16.2 Å². The first-order chi connectivity index (χ1) is 10.8. The molecule has 0 aliphatic heterocycles. The number of benzene rings is 1. The van der Waals surface area contributed by atoms with E-state index in [4.69, 9.17) is 23.2 Å². The van der Waals surface area contributed by atoms with E-state index in [9.17, 15) is 14.0 Å². The molecule has 0 radical (unpaired) electrons. The molecule has 2 rings (SSSR count). The van der Waals surface area contributed by atoms with Gasteiger partial charge < -0.3 is 15.6 Å². The fourth-order valence-electron chi connectivity index (χ4n) is 2.13. The minimum atomic E-state index is -0.577. The van der Waals surface area contributed by atoms with Gasteiger partial charge in [-0.1, -0.05) is 23.2 Å². The Balaban J connectivity index is 2.35. The molecule has 1 atom stereocenters. The standard InChI is InChI=1S/C15H14Cl2FN3O2/c1-7(12-10(16)3-4-11(18)13(12)17)21-8-5-9(14(22)19-2)15(23)20-6-8/h3-7,21H,1-2H3,(H,19,22)(H,20,23)/t7-/m1/s1. The van der Waals surface area contributed by atoms with Gasteiger partial charge >= 0.3 is 0 Å². The van der Waals surface area contributed by atoms with Crippen LogP contribution in [0.2, 0.25) is 10.0 Å². The normalized spacial score (nSPS) is 11.9. The van der Waals surface area contributed by atoms with E-state index in [0.717, 1.165) is 0 Å². The molecule has 0 aliphatic carbocycles. The summed E-state index contributed by atoms with van der Waals surface area (Å²) in [6.45, 7) is 1.73. The van der Waals surface area contributed by atoms with Crippen LogP contribution in [0.5, 0.6) is 0 Å².